The van der Waals surface area contributed by atoms with Gasteiger partial charge in [0.15, 0.2) is 11.4 Å². The molecule has 0 radical (unpaired) electrons. The van der Waals surface area contributed by atoms with E-state index in [2.05, 4.69) is 15.9 Å². The van der Waals surface area contributed by atoms with E-state index in [9.17, 15) is 39.9 Å². The molecule has 0 spiro atoms. The van der Waals surface area contributed by atoms with E-state index in [0.29, 0.717) is 10.0 Å². The molecular formula is C22H23BrN2O8. The van der Waals surface area contributed by atoms with Gasteiger partial charge >= 0.3 is 0 Å². The number of fused-ring (bicyclic) bond motifs is 3. The zero-order chi connectivity index (χ0) is 24.7. The first-order valence-corrected chi connectivity index (χ1v) is 10.9. The minimum absolute atomic E-state index is 0.0470. The third-order valence-corrected chi connectivity index (χ3v) is 7.49. The van der Waals surface area contributed by atoms with Gasteiger partial charge in [-0.1, -0.05) is 22.9 Å². The van der Waals surface area contributed by atoms with Crippen molar-refractivity contribution >= 4 is 39.2 Å². The summed E-state index contributed by atoms with van der Waals surface area (Å²) in [6, 6.07) is 1.57. The van der Waals surface area contributed by atoms with Gasteiger partial charge in [-0.05, 0) is 37.7 Å². The fraction of sp³-hybridized carbons (Fsp3) is 0.409. The predicted octanol–water partition coefficient (Wildman–Crippen LogP) is 0.258. The molecule has 1 saturated carbocycles. The second-order valence-corrected chi connectivity index (χ2v) is 9.85. The molecule has 1 aromatic rings. The molecule has 11 heteroatoms. The molecule has 6 atom stereocenters. The summed E-state index contributed by atoms with van der Waals surface area (Å²) in [5.74, 6) is -9.02. The van der Waals surface area contributed by atoms with Crippen molar-refractivity contribution in [1.82, 2.24) is 4.90 Å². The summed E-state index contributed by atoms with van der Waals surface area (Å²) in [5, 5.41) is 55.2. The molecule has 4 rings (SSSR count). The van der Waals surface area contributed by atoms with E-state index in [1.54, 1.807) is 13.0 Å². The van der Waals surface area contributed by atoms with Crippen LogP contribution in [0.2, 0.25) is 0 Å². The molecular weight excluding hydrogens is 500 g/mol. The molecule has 176 valence electrons. The van der Waals surface area contributed by atoms with Gasteiger partial charge in [-0.2, -0.15) is 0 Å². The fourth-order valence-electron chi connectivity index (χ4n) is 5.61. The Labute approximate surface area is 196 Å². The molecule has 3 aliphatic rings. The number of phenols is 1. The molecule has 0 aromatic heterocycles. The van der Waals surface area contributed by atoms with Crippen LogP contribution >= 0.6 is 15.9 Å². The Bertz CT molecular complexity index is 1190. The third kappa shape index (κ3) is 2.86. The first kappa shape index (κ1) is 23.4. The van der Waals surface area contributed by atoms with E-state index < -0.39 is 75.6 Å². The van der Waals surface area contributed by atoms with Gasteiger partial charge in [0.1, 0.15) is 22.8 Å². The lowest BCUT2D eigenvalue weighted by Gasteiger charge is -2.53. The highest BCUT2D eigenvalue weighted by Crippen LogP contribution is 2.56. The van der Waals surface area contributed by atoms with Crippen LogP contribution in [0.25, 0.3) is 5.76 Å². The Hall–Kier alpha value is -2.73. The first-order chi connectivity index (χ1) is 15.3. The first-order valence-electron chi connectivity index (χ1n) is 10.1. The minimum atomic E-state index is -2.91. The van der Waals surface area contributed by atoms with Gasteiger partial charge < -0.3 is 31.3 Å². The highest BCUT2D eigenvalue weighted by Gasteiger charge is 2.68. The van der Waals surface area contributed by atoms with Crippen LogP contribution in [0.4, 0.5) is 0 Å². The number of Topliss-reactive ketones (excluding diaryl/α,β-unsaturated/α-hetero) is 2. The van der Waals surface area contributed by atoms with Gasteiger partial charge in [0, 0.05) is 16.0 Å². The monoisotopic (exact) mass is 522 g/mol. The number of carbonyl (C=O) groups is 3. The van der Waals surface area contributed by atoms with Gasteiger partial charge in [0.2, 0.25) is 5.78 Å². The summed E-state index contributed by atoms with van der Waals surface area (Å²) >= 11 is 3.27. The number of carbonyl (C=O) groups excluding carboxylic acids is 3. The van der Waals surface area contributed by atoms with Crippen LogP contribution in [0.15, 0.2) is 33.5 Å². The zero-order valence-corrected chi connectivity index (χ0v) is 19.5. The number of amides is 1. The Morgan fingerprint density at radius 1 is 1.18 bits per heavy atom. The van der Waals surface area contributed by atoms with E-state index >= 15 is 0 Å². The third-order valence-electron chi connectivity index (χ3n) is 7.03. The number of aliphatic hydroxyl groups excluding tert-OH is 3. The van der Waals surface area contributed by atoms with Crippen molar-refractivity contribution in [2.24, 2.45) is 17.6 Å². The maximum Gasteiger partial charge on any atom is 0.255 e. The highest BCUT2D eigenvalue weighted by molar-refractivity contribution is 9.10. The Morgan fingerprint density at radius 2 is 1.79 bits per heavy atom. The lowest BCUT2D eigenvalue weighted by atomic mass is 9.54. The van der Waals surface area contributed by atoms with Crippen molar-refractivity contribution in [3.05, 3.63) is 44.6 Å². The number of hydrogen-bond donors (Lipinski definition) is 6. The van der Waals surface area contributed by atoms with Crippen molar-refractivity contribution in [1.29, 1.82) is 0 Å². The maximum atomic E-state index is 13.7. The van der Waals surface area contributed by atoms with E-state index in [4.69, 9.17) is 5.73 Å². The summed E-state index contributed by atoms with van der Waals surface area (Å²) < 4.78 is 0.501. The van der Waals surface area contributed by atoms with Gasteiger partial charge in [0.25, 0.3) is 5.91 Å². The smallest absolute Gasteiger partial charge is 0.255 e. The van der Waals surface area contributed by atoms with Crippen LogP contribution < -0.4 is 5.73 Å². The van der Waals surface area contributed by atoms with Crippen molar-refractivity contribution in [2.75, 3.05) is 14.1 Å². The molecule has 1 aromatic carbocycles. The van der Waals surface area contributed by atoms with Crippen LogP contribution in [0.3, 0.4) is 0 Å². The number of nitrogens with zero attached hydrogens (tertiary/aromatic N) is 1. The molecule has 0 aliphatic heterocycles. The van der Waals surface area contributed by atoms with Crippen LogP contribution in [0.5, 0.6) is 5.75 Å². The number of ketones is 2. The molecule has 0 saturated heterocycles. The molecule has 1 fully saturated rings. The van der Waals surface area contributed by atoms with Gasteiger partial charge in [-0.25, -0.2) is 0 Å². The fourth-order valence-corrected chi connectivity index (χ4v) is 6.07. The van der Waals surface area contributed by atoms with Crippen LogP contribution in [0.1, 0.15) is 24.0 Å². The number of benzene rings is 1. The van der Waals surface area contributed by atoms with Crippen LogP contribution in [0, 0.1) is 11.8 Å². The van der Waals surface area contributed by atoms with Crippen molar-refractivity contribution in [3.63, 3.8) is 0 Å². The van der Waals surface area contributed by atoms with Gasteiger partial charge in [-0.3, -0.25) is 19.3 Å². The summed E-state index contributed by atoms with van der Waals surface area (Å²) in [6.07, 6.45) is -1.61. The second-order valence-electron chi connectivity index (χ2n) is 8.94. The number of rotatable bonds is 2. The molecule has 33 heavy (non-hydrogen) atoms. The minimum Gasteiger partial charge on any atom is -0.508 e. The lowest BCUT2D eigenvalue weighted by molar-refractivity contribution is -0.169. The SMILES string of the molecule is C[C@@H]1c2cc(Br)cc(O)c2C(O)=C2C(=O)[C@@]3(O)C(O)=C(C(N)=O)C(=O)[C@H](N(C)C)[C@H]3[C@H](O)[C@H]21. The predicted molar refractivity (Wildman–Crippen MR) is 118 cm³/mol. The number of likely N-dealkylation sites (N-methyl/N-ethyl adjacent to an activating group) is 1. The summed E-state index contributed by atoms with van der Waals surface area (Å²) in [6.45, 7) is 1.67. The standard InChI is InChI=1S/C22H23BrN2O8/c1-6-8-4-7(23)5-9(26)11(8)16(27)12-10(6)17(28)14-15(25(2)3)18(29)13(21(24)32)20(31)22(14,33)19(12)30/h4-6,10,14-15,17,26-28,31,33H,1-3H3,(H2,24,32)/t6-,10+,14+,15-,17-,22-/m1/s1. The van der Waals surface area contributed by atoms with Crippen LogP contribution in [-0.4, -0.2) is 79.7 Å². The van der Waals surface area contributed by atoms with E-state index in [-0.39, 0.29) is 11.3 Å². The average Bonchev–Trinajstić information content (AvgIpc) is 2.70. The average molecular weight is 523 g/mol. The Kier molecular flexibility index (Phi) is 5.25. The summed E-state index contributed by atoms with van der Waals surface area (Å²) in [4.78, 5) is 40.1. The van der Waals surface area contributed by atoms with Crippen molar-refractivity contribution in [3.8, 4) is 5.75 Å². The molecule has 3 aliphatic carbocycles. The molecule has 10 nitrogen and oxygen atoms in total. The van der Waals surface area contributed by atoms with Crippen molar-refractivity contribution < 1.29 is 39.9 Å². The summed E-state index contributed by atoms with van der Waals surface area (Å²) in [5.41, 5.74) is 1.39. The second kappa shape index (κ2) is 7.39. The highest BCUT2D eigenvalue weighted by atomic mass is 79.9. The Balaban J connectivity index is 2.07. The number of phenolic OH excluding ortho intramolecular Hbond substituents is 1. The lowest BCUT2D eigenvalue weighted by Crippen LogP contribution is -2.70. The number of halogens is 1. The number of aromatic hydroxyl groups is 1. The molecule has 0 heterocycles. The molecule has 7 N–H and O–H groups in total. The topological polar surface area (TPSA) is 182 Å². The Morgan fingerprint density at radius 3 is 2.33 bits per heavy atom. The van der Waals surface area contributed by atoms with E-state index in [0.717, 1.165) is 0 Å². The normalized spacial score (nSPS) is 33.7. The van der Waals surface area contributed by atoms with Crippen LogP contribution in [-0.2, 0) is 14.4 Å². The maximum absolute atomic E-state index is 13.7. The largest absolute Gasteiger partial charge is 0.508 e. The van der Waals surface area contributed by atoms with E-state index in [1.165, 1.54) is 25.1 Å². The number of aliphatic hydroxyl groups is 4. The molecule has 0 unspecified atom stereocenters. The summed E-state index contributed by atoms with van der Waals surface area (Å²) in [7, 11) is 2.91. The number of primary amides is 1. The quantitative estimate of drug-likeness (QED) is 0.296. The molecule has 0 bridgehead atoms. The van der Waals surface area contributed by atoms with E-state index in [1.807, 2.05) is 0 Å². The van der Waals surface area contributed by atoms with Gasteiger partial charge in [0.05, 0.1) is 23.6 Å². The van der Waals surface area contributed by atoms with Crippen molar-refractivity contribution in [2.45, 2.75) is 30.6 Å². The number of hydrogen-bond acceptors (Lipinski definition) is 9. The molecule has 1 amide bonds. The van der Waals surface area contributed by atoms with Gasteiger partial charge in [-0.15, -0.1) is 0 Å². The number of nitrogens with two attached hydrogens (primary N) is 1. The zero-order valence-electron chi connectivity index (χ0n) is 17.9.